The minimum Gasteiger partial charge on any atom is -0.456 e. The van der Waals surface area contributed by atoms with Crippen LogP contribution in [0, 0.1) is 0 Å². The van der Waals surface area contributed by atoms with Crippen LogP contribution in [-0.2, 0) is 5.41 Å². The smallest absolute Gasteiger partial charge is 0.135 e. The normalized spacial score (nSPS) is 13.3. The van der Waals surface area contributed by atoms with Gasteiger partial charge < -0.3 is 9.32 Å². The lowest BCUT2D eigenvalue weighted by molar-refractivity contribution is 0.661. The lowest BCUT2D eigenvalue weighted by atomic mass is 9.81. The lowest BCUT2D eigenvalue weighted by Gasteiger charge is -2.25. The third-order valence-corrected chi connectivity index (χ3v) is 9.50. The molecule has 1 aliphatic rings. The molecule has 0 saturated heterocycles. The molecule has 3 nitrogen and oxygen atoms in total. The van der Waals surface area contributed by atoms with Gasteiger partial charge in [-0.05, 0) is 87.6 Å². The first-order valence-electron chi connectivity index (χ1n) is 15.5. The average molecular weight is 579 g/mol. The quantitative estimate of drug-likeness (QED) is 0.208. The Morgan fingerprint density at radius 2 is 1.31 bits per heavy atom. The molecule has 0 saturated carbocycles. The second kappa shape index (κ2) is 9.67. The number of anilines is 3. The van der Waals surface area contributed by atoms with Crippen LogP contribution in [0.2, 0.25) is 0 Å². The summed E-state index contributed by atoms with van der Waals surface area (Å²) in [4.78, 5) is 7.29. The fraction of sp³-hybridized carbons (Fsp3) is 0.0714. The van der Waals surface area contributed by atoms with Crippen molar-refractivity contribution in [1.82, 2.24) is 4.98 Å². The van der Waals surface area contributed by atoms with Gasteiger partial charge in [0.05, 0.1) is 17.6 Å². The molecule has 0 radical (unpaired) electrons. The molecule has 45 heavy (non-hydrogen) atoms. The molecule has 0 N–H and O–H groups in total. The first-order chi connectivity index (χ1) is 22.1. The van der Waals surface area contributed by atoms with E-state index in [0.29, 0.717) is 0 Å². The van der Waals surface area contributed by atoms with Gasteiger partial charge in [0.15, 0.2) is 0 Å². The van der Waals surface area contributed by atoms with Crippen LogP contribution in [0.25, 0.3) is 55.1 Å². The molecule has 2 aromatic heterocycles. The molecule has 1 aliphatic carbocycles. The topological polar surface area (TPSA) is 29.3 Å². The summed E-state index contributed by atoms with van der Waals surface area (Å²) in [6.45, 7) is 4.68. The fourth-order valence-corrected chi connectivity index (χ4v) is 7.23. The molecule has 2 heterocycles. The standard InChI is InChI=1S/C42H30N2O/c1-42(2)36-21-17-27-10-6-7-13-32(27)41(36)34-20-16-28(24-37(34)42)38-22-18-31(26-43-38)44(29-11-4-3-5-12-29)30-19-23-40-35(25-30)33-14-8-9-15-39(33)45-40/h3-26H,1-2H3. The third kappa shape index (κ3) is 3.94. The Hall–Kier alpha value is -5.67. The van der Waals surface area contributed by atoms with Crippen LogP contribution in [0.1, 0.15) is 25.0 Å². The monoisotopic (exact) mass is 578 g/mol. The number of hydrogen-bond acceptors (Lipinski definition) is 3. The van der Waals surface area contributed by atoms with E-state index in [2.05, 4.69) is 140 Å². The van der Waals surface area contributed by atoms with E-state index in [1.807, 2.05) is 24.4 Å². The zero-order valence-corrected chi connectivity index (χ0v) is 25.2. The van der Waals surface area contributed by atoms with Gasteiger partial charge in [0.1, 0.15) is 11.2 Å². The highest BCUT2D eigenvalue weighted by molar-refractivity contribution is 6.06. The average Bonchev–Trinajstić information content (AvgIpc) is 3.57. The Morgan fingerprint density at radius 3 is 2.16 bits per heavy atom. The van der Waals surface area contributed by atoms with Crippen LogP contribution in [0.4, 0.5) is 17.1 Å². The predicted octanol–water partition coefficient (Wildman–Crippen LogP) is 11.6. The number of pyridine rings is 1. The molecule has 0 unspecified atom stereocenters. The van der Waals surface area contributed by atoms with Gasteiger partial charge in [-0.15, -0.1) is 0 Å². The maximum atomic E-state index is 6.12. The van der Waals surface area contributed by atoms with Crippen molar-refractivity contribution in [1.29, 1.82) is 0 Å². The van der Waals surface area contributed by atoms with E-state index in [0.717, 1.165) is 50.3 Å². The molecule has 0 atom stereocenters. The SMILES string of the molecule is CC1(C)c2cc(-c3ccc(N(c4ccccc4)c4ccc5oc6ccccc6c5c4)cn3)ccc2-c2c1ccc1ccccc21. The van der Waals surface area contributed by atoms with Crippen LogP contribution in [0.15, 0.2) is 150 Å². The largest absolute Gasteiger partial charge is 0.456 e. The van der Waals surface area contributed by atoms with Gasteiger partial charge in [0.25, 0.3) is 0 Å². The van der Waals surface area contributed by atoms with Crippen molar-refractivity contribution in [3.05, 3.63) is 157 Å². The van der Waals surface area contributed by atoms with Crippen LogP contribution in [-0.4, -0.2) is 4.98 Å². The number of aromatic nitrogens is 1. The van der Waals surface area contributed by atoms with E-state index in [1.54, 1.807) is 0 Å². The summed E-state index contributed by atoms with van der Waals surface area (Å²) >= 11 is 0. The summed E-state index contributed by atoms with van der Waals surface area (Å²) in [5.41, 5.74) is 12.3. The van der Waals surface area contributed by atoms with Gasteiger partial charge in [0, 0.05) is 33.1 Å². The molecule has 8 aromatic rings. The fourth-order valence-electron chi connectivity index (χ4n) is 7.23. The highest BCUT2D eigenvalue weighted by Crippen LogP contribution is 2.52. The molecule has 6 aromatic carbocycles. The Morgan fingerprint density at radius 1 is 0.556 bits per heavy atom. The van der Waals surface area contributed by atoms with Gasteiger partial charge in [0.2, 0.25) is 0 Å². The molecular formula is C42H30N2O. The van der Waals surface area contributed by atoms with Crippen molar-refractivity contribution in [3.63, 3.8) is 0 Å². The zero-order chi connectivity index (χ0) is 30.1. The van der Waals surface area contributed by atoms with Gasteiger partial charge in [-0.3, -0.25) is 4.98 Å². The molecule has 0 amide bonds. The number of nitrogens with zero attached hydrogens (tertiary/aromatic N) is 2. The van der Waals surface area contributed by atoms with E-state index < -0.39 is 0 Å². The van der Waals surface area contributed by atoms with Gasteiger partial charge in [-0.2, -0.15) is 0 Å². The van der Waals surface area contributed by atoms with Crippen molar-refractivity contribution >= 4 is 49.8 Å². The maximum absolute atomic E-state index is 6.12. The van der Waals surface area contributed by atoms with Crippen molar-refractivity contribution < 1.29 is 4.42 Å². The van der Waals surface area contributed by atoms with Crippen LogP contribution in [0.5, 0.6) is 0 Å². The summed E-state index contributed by atoms with van der Waals surface area (Å²) < 4.78 is 6.12. The first-order valence-corrected chi connectivity index (χ1v) is 15.5. The van der Waals surface area contributed by atoms with Crippen LogP contribution in [0.3, 0.4) is 0 Å². The minimum atomic E-state index is -0.0926. The highest BCUT2D eigenvalue weighted by atomic mass is 16.3. The van der Waals surface area contributed by atoms with Crippen molar-refractivity contribution in [2.75, 3.05) is 4.90 Å². The summed E-state index contributed by atoms with van der Waals surface area (Å²) in [5, 5.41) is 4.82. The summed E-state index contributed by atoms with van der Waals surface area (Å²) in [5.74, 6) is 0. The predicted molar refractivity (Wildman–Crippen MR) is 187 cm³/mol. The number of rotatable bonds is 4. The second-order valence-corrected chi connectivity index (χ2v) is 12.4. The van der Waals surface area contributed by atoms with E-state index in [4.69, 9.17) is 9.40 Å². The number of furan rings is 1. The third-order valence-electron chi connectivity index (χ3n) is 9.50. The molecule has 0 bridgehead atoms. The maximum Gasteiger partial charge on any atom is 0.135 e. The molecule has 214 valence electrons. The number of hydrogen-bond donors (Lipinski definition) is 0. The molecule has 3 heteroatoms. The summed E-state index contributed by atoms with van der Waals surface area (Å²) in [6.07, 6.45) is 1.99. The lowest BCUT2D eigenvalue weighted by Crippen LogP contribution is -2.15. The first kappa shape index (κ1) is 25.8. The molecular weight excluding hydrogens is 548 g/mol. The minimum absolute atomic E-state index is 0.0926. The Balaban J connectivity index is 1.13. The Bertz CT molecular complexity index is 2400. The number of benzene rings is 6. The van der Waals surface area contributed by atoms with E-state index in [-0.39, 0.29) is 5.41 Å². The van der Waals surface area contributed by atoms with Crippen LogP contribution >= 0.6 is 0 Å². The van der Waals surface area contributed by atoms with Crippen LogP contribution < -0.4 is 4.90 Å². The van der Waals surface area contributed by atoms with Crippen molar-refractivity contribution in [3.8, 4) is 22.4 Å². The molecule has 0 aliphatic heterocycles. The number of fused-ring (bicyclic) bond motifs is 8. The van der Waals surface area contributed by atoms with Gasteiger partial charge in [-0.25, -0.2) is 0 Å². The van der Waals surface area contributed by atoms with E-state index in [9.17, 15) is 0 Å². The molecule has 0 spiro atoms. The van der Waals surface area contributed by atoms with E-state index >= 15 is 0 Å². The molecule has 9 rings (SSSR count). The summed E-state index contributed by atoms with van der Waals surface area (Å²) in [7, 11) is 0. The zero-order valence-electron chi connectivity index (χ0n) is 25.2. The number of para-hydroxylation sites is 2. The highest BCUT2D eigenvalue weighted by Gasteiger charge is 2.36. The van der Waals surface area contributed by atoms with Gasteiger partial charge in [-0.1, -0.05) is 98.8 Å². The van der Waals surface area contributed by atoms with Gasteiger partial charge >= 0.3 is 0 Å². The van der Waals surface area contributed by atoms with E-state index in [1.165, 1.54) is 33.0 Å². The molecule has 0 fully saturated rings. The second-order valence-electron chi connectivity index (χ2n) is 12.4. The Labute approximate surface area is 262 Å². The van der Waals surface area contributed by atoms with Crippen molar-refractivity contribution in [2.24, 2.45) is 0 Å². The summed E-state index contributed by atoms with van der Waals surface area (Å²) in [6, 6.07) is 49.5. The van der Waals surface area contributed by atoms with Crippen molar-refractivity contribution in [2.45, 2.75) is 19.3 Å². The Kier molecular flexibility index (Phi) is 5.54.